The Kier molecular flexibility index (Phi) is 5.86. The van der Waals surface area contributed by atoms with E-state index in [4.69, 9.17) is 21.1 Å². The molecule has 1 aliphatic carbocycles. The normalized spacial score (nSPS) is 28.3. The lowest BCUT2D eigenvalue weighted by Gasteiger charge is -2.39. The molecule has 6 heteroatoms. The molecule has 0 unspecified atom stereocenters. The molecule has 3 aliphatic rings. The average molecular weight is 407 g/mol. The van der Waals surface area contributed by atoms with Crippen LogP contribution in [0.2, 0.25) is 5.02 Å². The van der Waals surface area contributed by atoms with E-state index >= 15 is 0 Å². The largest absolute Gasteiger partial charge is 0.473 e. The van der Waals surface area contributed by atoms with Crippen LogP contribution >= 0.6 is 11.6 Å². The summed E-state index contributed by atoms with van der Waals surface area (Å²) >= 11 is 6.14. The Bertz CT molecular complexity index is 720. The summed E-state index contributed by atoms with van der Waals surface area (Å²) in [5.74, 6) is 1.35. The number of hydrogen-bond donors (Lipinski definition) is 1. The fourth-order valence-corrected chi connectivity index (χ4v) is 5.23. The Morgan fingerprint density at radius 3 is 2.79 bits per heavy atom. The van der Waals surface area contributed by atoms with Crippen molar-refractivity contribution in [1.29, 1.82) is 0 Å². The van der Waals surface area contributed by atoms with Gasteiger partial charge >= 0.3 is 0 Å². The van der Waals surface area contributed by atoms with Crippen LogP contribution < -0.4 is 10.1 Å². The average Bonchev–Trinajstić information content (AvgIpc) is 3.13. The third-order valence-corrected chi connectivity index (χ3v) is 7.06. The Balaban J connectivity index is 1.46. The van der Waals surface area contributed by atoms with E-state index in [1.807, 2.05) is 23.1 Å². The number of nitrogens with zero attached hydrogens (tertiary/aromatic N) is 1. The molecule has 4 rings (SSSR count). The molecule has 0 spiro atoms. The first-order chi connectivity index (χ1) is 13.5. The van der Waals surface area contributed by atoms with Crippen molar-refractivity contribution in [2.24, 2.45) is 11.3 Å². The summed E-state index contributed by atoms with van der Waals surface area (Å²) in [5.41, 5.74) is 0.670. The molecule has 1 N–H and O–H groups in total. The third-order valence-electron chi connectivity index (χ3n) is 6.82. The lowest BCUT2D eigenvalue weighted by Crippen LogP contribution is -2.49. The summed E-state index contributed by atoms with van der Waals surface area (Å²) in [4.78, 5) is 15.5. The first-order valence-corrected chi connectivity index (χ1v) is 10.9. The Labute approximate surface area is 172 Å². The highest BCUT2D eigenvalue weighted by Crippen LogP contribution is 2.47. The van der Waals surface area contributed by atoms with Crippen LogP contribution in [0.3, 0.4) is 0 Å². The summed E-state index contributed by atoms with van der Waals surface area (Å²) in [6.45, 7) is 6.94. The maximum absolute atomic E-state index is 13.7. The molecule has 1 saturated heterocycles. The van der Waals surface area contributed by atoms with Crippen molar-refractivity contribution in [3.8, 4) is 5.75 Å². The van der Waals surface area contributed by atoms with Crippen molar-refractivity contribution in [3.63, 3.8) is 0 Å². The van der Waals surface area contributed by atoms with Gasteiger partial charge in [0.15, 0.2) is 6.73 Å². The molecule has 1 saturated carbocycles. The fourth-order valence-electron chi connectivity index (χ4n) is 5.04. The van der Waals surface area contributed by atoms with Crippen LogP contribution in [-0.4, -0.2) is 42.8 Å². The van der Waals surface area contributed by atoms with Crippen LogP contribution in [0.25, 0.3) is 0 Å². The summed E-state index contributed by atoms with van der Waals surface area (Å²) in [5, 5.41) is 4.49. The summed E-state index contributed by atoms with van der Waals surface area (Å²) in [6, 6.07) is 6.55. The summed E-state index contributed by atoms with van der Waals surface area (Å²) in [7, 11) is 0. The van der Waals surface area contributed by atoms with Crippen molar-refractivity contribution in [3.05, 3.63) is 28.8 Å². The molecule has 1 aromatic carbocycles. The number of benzene rings is 1. The standard InChI is InChI=1S/C22H31ClN2O3/c1-15(2)22(8-5-19(12-22)24-18-6-9-27-10-7-18)21(26)25-13-16-11-17(23)3-4-20(16)28-14-25/h3-4,11,15,18-19,24H,5-10,12-14H2,1-2H3/t19-,22+/m1/s1. The van der Waals surface area contributed by atoms with Gasteiger partial charge in [-0.1, -0.05) is 25.4 Å². The number of amides is 1. The van der Waals surface area contributed by atoms with Gasteiger partial charge in [0.2, 0.25) is 5.91 Å². The van der Waals surface area contributed by atoms with E-state index in [0.29, 0.717) is 36.3 Å². The number of carbonyl (C=O) groups excluding carboxylic acids is 1. The molecule has 5 nitrogen and oxygen atoms in total. The molecule has 28 heavy (non-hydrogen) atoms. The zero-order valence-electron chi connectivity index (χ0n) is 16.9. The maximum atomic E-state index is 13.7. The maximum Gasteiger partial charge on any atom is 0.232 e. The van der Waals surface area contributed by atoms with E-state index in [1.54, 1.807) is 0 Å². The van der Waals surface area contributed by atoms with Crippen LogP contribution in [0, 0.1) is 11.3 Å². The van der Waals surface area contributed by atoms with Crippen LogP contribution in [0.1, 0.15) is 51.5 Å². The predicted molar refractivity (Wildman–Crippen MR) is 109 cm³/mol. The Morgan fingerprint density at radius 1 is 1.25 bits per heavy atom. The van der Waals surface area contributed by atoms with Gasteiger partial charge in [-0.25, -0.2) is 0 Å². The van der Waals surface area contributed by atoms with Gasteiger partial charge in [0.1, 0.15) is 5.75 Å². The molecule has 1 amide bonds. The lowest BCUT2D eigenvalue weighted by molar-refractivity contribution is -0.149. The van der Waals surface area contributed by atoms with E-state index in [1.165, 1.54) is 0 Å². The highest BCUT2D eigenvalue weighted by Gasteiger charge is 2.50. The van der Waals surface area contributed by atoms with Crippen molar-refractivity contribution in [2.45, 2.75) is 64.6 Å². The van der Waals surface area contributed by atoms with Crippen LogP contribution in [0.15, 0.2) is 18.2 Å². The van der Waals surface area contributed by atoms with Crippen LogP contribution in [0.4, 0.5) is 0 Å². The Hall–Kier alpha value is -1.30. The number of nitrogens with one attached hydrogen (secondary N) is 1. The Morgan fingerprint density at radius 2 is 2.04 bits per heavy atom. The van der Waals surface area contributed by atoms with Gasteiger partial charge in [0, 0.05) is 35.9 Å². The molecular formula is C22H31ClN2O3. The van der Waals surface area contributed by atoms with Crippen LogP contribution in [-0.2, 0) is 16.1 Å². The van der Waals surface area contributed by atoms with Crippen molar-refractivity contribution >= 4 is 17.5 Å². The van der Waals surface area contributed by atoms with Gasteiger partial charge in [-0.15, -0.1) is 0 Å². The van der Waals surface area contributed by atoms with Crippen molar-refractivity contribution in [2.75, 3.05) is 19.9 Å². The quantitative estimate of drug-likeness (QED) is 0.821. The van der Waals surface area contributed by atoms with Gasteiger partial charge < -0.3 is 19.7 Å². The fraction of sp³-hybridized carbons (Fsp3) is 0.682. The van der Waals surface area contributed by atoms with Gasteiger partial charge in [-0.2, -0.15) is 0 Å². The first-order valence-electron chi connectivity index (χ1n) is 10.5. The first kappa shape index (κ1) is 20.0. The third kappa shape index (κ3) is 3.89. The minimum atomic E-state index is -0.317. The van der Waals surface area contributed by atoms with Gasteiger partial charge in [-0.3, -0.25) is 4.79 Å². The van der Waals surface area contributed by atoms with Gasteiger partial charge in [0.25, 0.3) is 0 Å². The summed E-state index contributed by atoms with van der Waals surface area (Å²) in [6.07, 6.45) is 5.02. The number of rotatable bonds is 4. The number of fused-ring (bicyclic) bond motifs is 1. The SMILES string of the molecule is CC(C)[C@]1(C(=O)N2COc3ccc(Cl)cc3C2)CC[C@@H](NC2CCOCC2)C1. The van der Waals surface area contributed by atoms with E-state index < -0.39 is 0 Å². The second-order valence-electron chi connectivity index (χ2n) is 8.83. The van der Waals surface area contributed by atoms with Crippen molar-refractivity contribution < 1.29 is 14.3 Å². The second-order valence-corrected chi connectivity index (χ2v) is 9.27. The number of hydrogen-bond acceptors (Lipinski definition) is 4. The molecule has 2 atom stereocenters. The lowest BCUT2D eigenvalue weighted by atomic mass is 9.74. The highest BCUT2D eigenvalue weighted by molar-refractivity contribution is 6.30. The molecule has 154 valence electrons. The second kappa shape index (κ2) is 8.21. The minimum Gasteiger partial charge on any atom is -0.473 e. The number of ether oxygens (including phenoxy) is 2. The molecule has 0 aromatic heterocycles. The molecule has 0 bridgehead atoms. The van der Waals surface area contributed by atoms with Crippen LogP contribution in [0.5, 0.6) is 5.75 Å². The van der Waals surface area contributed by atoms with E-state index in [-0.39, 0.29) is 11.3 Å². The molecule has 2 fully saturated rings. The predicted octanol–water partition coefficient (Wildman–Crippen LogP) is 3.98. The topological polar surface area (TPSA) is 50.8 Å². The van der Waals surface area contributed by atoms with Gasteiger partial charge in [0.05, 0.1) is 12.0 Å². The zero-order valence-corrected chi connectivity index (χ0v) is 17.6. The highest BCUT2D eigenvalue weighted by atomic mass is 35.5. The molecule has 2 aliphatic heterocycles. The van der Waals surface area contributed by atoms with E-state index in [9.17, 15) is 4.79 Å². The van der Waals surface area contributed by atoms with E-state index in [2.05, 4.69) is 19.2 Å². The summed E-state index contributed by atoms with van der Waals surface area (Å²) < 4.78 is 11.3. The molecule has 1 aromatic rings. The van der Waals surface area contributed by atoms with Crippen molar-refractivity contribution in [1.82, 2.24) is 10.2 Å². The molecular weight excluding hydrogens is 376 g/mol. The zero-order chi connectivity index (χ0) is 19.7. The molecule has 2 heterocycles. The minimum absolute atomic E-state index is 0.226. The molecule has 0 radical (unpaired) electrons. The van der Waals surface area contributed by atoms with Gasteiger partial charge in [-0.05, 0) is 56.2 Å². The van der Waals surface area contributed by atoms with E-state index in [0.717, 1.165) is 56.6 Å². The monoisotopic (exact) mass is 406 g/mol. The smallest absolute Gasteiger partial charge is 0.232 e. The number of halogens is 1. The number of carbonyl (C=O) groups is 1.